The van der Waals surface area contributed by atoms with Crippen LogP contribution in [0.1, 0.15) is 13.8 Å². The summed E-state index contributed by atoms with van der Waals surface area (Å²) in [6.07, 6.45) is -0.714. The van der Waals surface area contributed by atoms with Crippen LogP contribution in [0.5, 0.6) is 5.75 Å². The molecule has 0 amide bonds. The zero-order chi connectivity index (χ0) is 25.0. The Morgan fingerprint density at radius 1 is 0.829 bits per heavy atom. The summed E-state index contributed by atoms with van der Waals surface area (Å²) < 4.78 is 38.9. The van der Waals surface area contributed by atoms with Gasteiger partial charge in [0.05, 0.1) is 0 Å². The molecular formula is C28H32N2O4S. The minimum atomic E-state index is -4.06. The van der Waals surface area contributed by atoms with Gasteiger partial charge in [-0.2, -0.15) is 8.42 Å². The highest BCUT2D eigenvalue weighted by molar-refractivity contribution is 7.87. The van der Waals surface area contributed by atoms with Gasteiger partial charge in [-0.3, -0.25) is 4.18 Å². The van der Waals surface area contributed by atoms with Gasteiger partial charge in [0, 0.05) is 48.5 Å². The first-order valence-corrected chi connectivity index (χ1v) is 13.1. The summed E-state index contributed by atoms with van der Waals surface area (Å²) in [6.45, 7) is 4.42. The van der Waals surface area contributed by atoms with Gasteiger partial charge in [0.15, 0.2) is 0 Å². The van der Waals surface area contributed by atoms with E-state index >= 15 is 0 Å². The molecule has 0 saturated carbocycles. The molecule has 0 saturated heterocycles. The average Bonchev–Trinajstić information content (AvgIpc) is 2.84. The number of anilines is 1. The van der Waals surface area contributed by atoms with Gasteiger partial charge >= 0.3 is 0 Å². The lowest BCUT2D eigenvalue weighted by Gasteiger charge is -2.21. The van der Waals surface area contributed by atoms with Crippen LogP contribution in [-0.4, -0.2) is 47.8 Å². The molecule has 4 aromatic rings. The second-order valence-electron chi connectivity index (χ2n) is 9.05. The van der Waals surface area contributed by atoms with Crippen LogP contribution in [0, 0.1) is 0 Å². The van der Waals surface area contributed by atoms with Gasteiger partial charge in [0.2, 0.25) is 0 Å². The van der Waals surface area contributed by atoms with Gasteiger partial charge in [0.1, 0.15) is 23.4 Å². The van der Waals surface area contributed by atoms with Crippen molar-refractivity contribution in [3.63, 3.8) is 0 Å². The second kappa shape index (κ2) is 10.6. The van der Waals surface area contributed by atoms with Crippen LogP contribution in [0.15, 0.2) is 83.8 Å². The van der Waals surface area contributed by atoms with Crippen molar-refractivity contribution in [2.45, 2.75) is 30.9 Å². The van der Waals surface area contributed by atoms with Crippen molar-refractivity contribution in [1.82, 2.24) is 5.32 Å². The van der Waals surface area contributed by atoms with E-state index in [1.807, 2.05) is 99.6 Å². The number of nitrogens with one attached hydrogen (secondary N) is 1. The van der Waals surface area contributed by atoms with Crippen LogP contribution >= 0.6 is 0 Å². The number of benzene rings is 4. The highest BCUT2D eigenvalue weighted by Crippen LogP contribution is 2.31. The number of ether oxygens (including phenoxy) is 1. The normalized spacial score (nSPS) is 12.8. The van der Waals surface area contributed by atoms with Gasteiger partial charge < -0.3 is 15.0 Å². The lowest BCUT2D eigenvalue weighted by Crippen LogP contribution is -2.38. The first kappa shape index (κ1) is 25.0. The lowest BCUT2D eigenvalue weighted by atomic mass is 10.1. The molecule has 1 atom stereocenters. The molecule has 0 radical (unpaired) electrons. The second-order valence-corrected chi connectivity index (χ2v) is 10.6. The molecule has 0 heterocycles. The molecule has 35 heavy (non-hydrogen) atoms. The predicted octanol–water partition coefficient (Wildman–Crippen LogP) is 5.21. The third kappa shape index (κ3) is 5.75. The Hall–Kier alpha value is -3.13. The largest absolute Gasteiger partial charge is 0.490 e. The van der Waals surface area contributed by atoms with Crippen molar-refractivity contribution in [3.8, 4) is 5.75 Å². The quantitative estimate of drug-likeness (QED) is 0.307. The molecule has 0 aliphatic rings. The van der Waals surface area contributed by atoms with E-state index in [0.29, 0.717) is 17.7 Å². The maximum atomic E-state index is 13.5. The first-order valence-electron chi connectivity index (χ1n) is 11.7. The molecule has 1 unspecified atom stereocenters. The van der Waals surface area contributed by atoms with Crippen molar-refractivity contribution >= 4 is 37.4 Å². The summed E-state index contributed by atoms with van der Waals surface area (Å²) in [6, 6.07) is 24.8. The highest BCUT2D eigenvalue weighted by Gasteiger charge is 2.25. The van der Waals surface area contributed by atoms with E-state index in [4.69, 9.17) is 8.92 Å². The molecule has 4 aromatic carbocycles. The SMILES string of the molecule is CC(C)NCC(COc1cccc2ccccc12)OS(=O)(=O)c1cccc2c(N(C)C)cccc12. The summed E-state index contributed by atoms with van der Waals surface area (Å²) in [4.78, 5) is 2.12. The Kier molecular flexibility index (Phi) is 7.60. The highest BCUT2D eigenvalue weighted by atomic mass is 32.2. The van der Waals surface area contributed by atoms with E-state index in [9.17, 15) is 8.42 Å². The van der Waals surface area contributed by atoms with E-state index in [2.05, 4.69) is 5.32 Å². The molecule has 0 spiro atoms. The average molecular weight is 493 g/mol. The summed E-state index contributed by atoms with van der Waals surface area (Å²) in [7, 11) is -0.191. The first-order chi connectivity index (χ1) is 16.8. The van der Waals surface area contributed by atoms with E-state index in [0.717, 1.165) is 21.8 Å². The van der Waals surface area contributed by atoms with E-state index < -0.39 is 16.2 Å². The summed E-state index contributed by atoms with van der Waals surface area (Å²) >= 11 is 0. The number of nitrogens with zero attached hydrogens (tertiary/aromatic N) is 1. The smallest absolute Gasteiger partial charge is 0.298 e. The molecule has 0 aliphatic heterocycles. The van der Waals surface area contributed by atoms with Gasteiger partial charge in [-0.25, -0.2) is 0 Å². The van der Waals surface area contributed by atoms with Crippen molar-refractivity contribution in [2.75, 3.05) is 32.1 Å². The molecule has 1 N–H and O–H groups in total. The number of rotatable bonds is 10. The van der Waals surface area contributed by atoms with Crippen LogP contribution in [0.2, 0.25) is 0 Å². The van der Waals surface area contributed by atoms with Crippen LogP contribution in [-0.2, 0) is 14.3 Å². The van der Waals surface area contributed by atoms with Crippen molar-refractivity contribution in [3.05, 3.63) is 78.9 Å². The fourth-order valence-corrected chi connectivity index (χ4v) is 5.37. The summed E-state index contributed by atoms with van der Waals surface area (Å²) in [5.41, 5.74) is 0.942. The molecule has 0 aliphatic carbocycles. The van der Waals surface area contributed by atoms with E-state index in [-0.39, 0.29) is 17.5 Å². The minimum Gasteiger partial charge on any atom is -0.490 e. The van der Waals surface area contributed by atoms with Gasteiger partial charge in [-0.05, 0) is 23.6 Å². The number of hydrogen-bond acceptors (Lipinski definition) is 6. The molecule has 184 valence electrons. The fraction of sp³-hybridized carbons (Fsp3) is 0.286. The Morgan fingerprint density at radius 2 is 1.49 bits per heavy atom. The molecule has 0 fully saturated rings. The maximum Gasteiger partial charge on any atom is 0.298 e. The maximum absolute atomic E-state index is 13.5. The number of fused-ring (bicyclic) bond motifs is 2. The van der Waals surface area contributed by atoms with Crippen molar-refractivity contribution in [2.24, 2.45) is 0 Å². The van der Waals surface area contributed by atoms with Gasteiger partial charge in [-0.15, -0.1) is 0 Å². The minimum absolute atomic E-state index is 0.0840. The lowest BCUT2D eigenvalue weighted by molar-refractivity contribution is 0.131. The van der Waals surface area contributed by atoms with Crippen LogP contribution in [0.4, 0.5) is 5.69 Å². The molecule has 4 rings (SSSR count). The van der Waals surface area contributed by atoms with Gasteiger partial charge in [-0.1, -0.05) is 74.5 Å². The van der Waals surface area contributed by atoms with Gasteiger partial charge in [0.25, 0.3) is 10.1 Å². The third-order valence-corrected chi connectivity index (χ3v) is 7.22. The van der Waals surface area contributed by atoms with Crippen LogP contribution in [0.3, 0.4) is 0 Å². The Bertz CT molecular complexity index is 1410. The topological polar surface area (TPSA) is 67.9 Å². The molecule has 0 bridgehead atoms. The molecule has 0 aromatic heterocycles. The van der Waals surface area contributed by atoms with Crippen molar-refractivity contribution in [1.29, 1.82) is 0 Å². The Morgan fingerprint density at radius 3 is 2.26 bits per heavy atom. The molecule has 7 heteroatoms. The van der Waals surface area contributed by atoms with Crippen LogP contribution in [0.25, 0.3) is 21.5 Å². The summed E-state index contributed by atoms with van der Waals surface area (Å²) in [5.74, 6) is 0.694. The molecular weight excluding hydrogens is 460 g/mol. The fourth-order valence-electron chi connectivity index (χ4n) is 4.10. The van der Waals surface area contributed by atoms with E-state index in [1.54, 1.807) is 12.1 Å². The zero-order valence-corrected chi connectivity index (χ0v) is 21.4. The van der Waals surface area contributed by atoms with Crippen molar-refractivity contribution < 1.29 is 17.3 Å². The van der Waals surface area contributed by atoms with Crippen LogP contribution < -0.4 is 15.0 Å². The Balaban J connectivity index is 1.62. The Labute approximate surface area is 207 Å². The molecule has 6 nitrogen and oxygen atoms in total. The monoisotopic (exact) mass is 492 g/mol. The zero-order valence-electron chi connectivity index (χ0n) is 20.6. The summed E-state index contributed by atoms with van der Waals surface area (Å²) in [5, 5.41) is 6.79. The standard InChI is InChI=1S/C28H32N2O4S/c1-20(2)29-18-22(19-33-27-16-7-11-21-10-5-6-12-23(21)27)34-35(31,32)28-17-9-13-24-25(28)14-8-15-26(24)30(3)4/h5-17,20,22,29H,18-19H2,1-4H3. The number of hydrogen-bond donors (Lipinski definition) is 1. The van der Waals surface area contributed by atoms with E-state index in [1.165, 1.54) is 0 Å². The predicted molar refractivity (Wildman–Crippen MR) is 143 cm³/mol. The third-order valence-electron chi connectivity index (χ3n) is 5.80.